The van der Waals surface area contributed by atoms with Crippen LogP contribution in [0.25, 0.3) is 0 Å². The van der Waals surface area contributed by atoms with E-state index in [2.05, 4.69) is 12.2 Å². The van der Waals surface area contributed by atoms with Gasteiger partial charge in [-0.1, -0.05) is 6.92 Å². The third kappa shape index (κ3) is 3.78. The highest BCUT2D eigenvalue weighted by Gasteiger charge is 2.33. The van der Waals surface area contributed by atoms with Gasteiger partial charge in [-0.25, -0.2) is 4.79 Å². The Bertz CT molecular complexity index is 219. The van der Waals surface area contributed by atoms with Crippen molar-refractivity contribution in [1.29, 1.82) is 0 Å². The number of ether oxygens (including phenoxy) is 1. The largest absolute Gasteiger partial charge is 0.444 e. The van der Waals surface area contributed by atoms with Crippen LogP contribution in [0, 0.1) is 5.41 Å². The highest BCUT2D eigenvalue weighted by atomic mass is 32.2. The van der Waals surface area contributed by atoms with Gasteiger partial charge >= 0.3 is 6.09 Å². The Hall–Kier alpha value is -0.380. The molecule has 0 spiro atoms. The zero-order valence-electron chi connectivity index (χ0n) is 9.35. The summed E-state index contributed by atoms with van der Waals surface area (Å²) < 4.78 is 5.14. The van der Waals surface area contributed by atoms with Gasteiger partial charge in [0, 0.05) is 23.5 Å². The minimum Gasteiger partial charge on any atom is -0.444 e. The minimum atomic E-state index is -0.403. The molecule has 1 rings (SSSR count). The molecule has 0 unspecified atom stereocenters. The monoisotopic (exact) mass is 217 g/mol. The Kier molecular flexibility index (Phi) is 3.35. The number of alkyl carbamates (subject to hydrolysis) is 1. The van der Waals surface area contributed by atoms with Crippen LogP contribution in [-0.2, 0) is 4.74 Å². The Balaban J connectivity index is 2.21. The lowest BCUT2D eigenvalue weighted by atomic mass is 9.95. The number of hydrogen-bond donors (Lipinski definition) is 1. The van der Waals surface area contributed by atoms with Crippen LogP contribution in [0.15, 0.2) is 0 Å². The molecule has 0 bridgehead atoms. The molecule has 1 saturated heterocycles. The summed E-state index contributed by atoms with van der Waals surface area (Å²) in [4.78, 5) is 11.3. The summed E-state index contributed by atoms with van der Waals surface area (Å²) in [6.07, 6.45) is -0.310. The molecule has 0 aromatic rings. The molecule has 3 nitrogen and oxygen atoms in total. The molecule has 1 fully saturated rings. The fraction of sp³-hybridized carbons (Fsp3) is 0.900. The zero-order chi connectivity index (χ0) is 10.8. The fourth-order valence-corrected chi connectivity index (χ4v) is 2.26. The third-order valence-electron chi connectivity index (χ3n) is 1.96. The molecule has 0 atom stereocenters. The van der Waals surface area contributed by atoms with Crippen molar-refractivity contribution in [2.24, 2.45) is 5.41 Å². The second kappa shape index (κ2) is 4.01. The molecular formula is C10H19NO2S. The normalized spacial score (nSPS) is 19.7. The van der Waals surface area contributed by atoms with Crippen LogP contribution < -0.4 is 5.32 Å². The molecule has 1 aliphatic rings. The van der Waals surface area contributed by atoms with Gasteiger partial charge in [-0.05, 0) is 20.8 Å². The molecule has 0 saturated carbocycles. The number of nitrogens with one attached hydrogen (secondary N) is 1. The van der Waals surface area contributed by atoms with Gasteiger partial charge in [0.15, 0.2) is 0 Å². The summed E-state index contributed by atoms with van der Waals surface area (Å²) in [5.41, 5.74) is -0.124. The summed E-state index contributed by atoms with van der Waals surface area (Å²) in [6.45, 7) is 8.50. The maximum Gasteiger partial charge on any atom is 0.407 e. The van der Waals surface area contributed by atoms with E-state index >= 15 is 0 Å². The van der Waals surface area contributed by atoms with E-state index in [9.17, 15) is 4.79 Å². The first kappa shape index (κ1) is 11.7. The van der Waals surface area contributed by atoms with Gasteiger partial charge < -0.3 is 10.1 Å². The predicted molar refractivity (Wildman–Crippen MR) is 59.7 cm³/mol. The minimum absolute atomic E-state index is 0.279. The topological polar surface area (TPSA) is 38.3 Å². The van der Waals surface area contributed by atoms with E-state index in [0.29, 0.717) is 0 Å². The van der Waals surface area contributed by atoms with Crippen molar-refractivity contribution in [3.05, 3.63) is 0 Å². The maximum absolute atomic E-state index is 11.3. The van der Waals surface area contributed by atoms with Crippen LogP contribution >= 0.6 is 11.8 Å². The first-order valence-electron chi connectivity index (χ1n) is 4.85. The molecule has 1 amide bonds. The highest BCUT2D eigenvalue weighted by Crippen LogP contribution is 2.36. The van der Waals surface area contributed by atoms with Gasteiger partial charge in [0.1, 0.15) is 5.60 Å². The molecule has 14 heavy (non-hydrogen) atoms. The molecule has 0 aromatic heterocycles. The van der Waals surface area contributed by atoms with E-state index in [-0.39, 0.29) is 11.5 Å². The van der Waals surface area contributed by atoms with Crippen LogP contribution in [0.4, 0.5) is 4.79 Å². The van der Waals surface area contributed by atoms with Gasteiger partial charge in [-0.15, -0.1) is 0 Å². The summed E-state index contributed by atoms with van der Waals surface area (Å²) in [5, 5.41) is 2.81. The standard InChI is InChI=1S/C10H19NO2S/c1-9(2,3)13-8(12)11-5-10(4)6-14-7-10/h5-7H2,1-4H3,(H,11,12). The second-order valence-corrected chi connectivity index (χ2v) is 6.14. The molecule has 0 aliphatic carbocycles. The number of hydrogen-bond acceptors (Lipinski definition) is 3. The average Bonchev–Trinajstić information content (AvgIpc) is 1.94. The number of carbonyl (C=O) groups excluding carboxylic acids is 1. The van der Waals surface area contributed by atoms with Crippen LogP contribution in [0.3, 0.4) is 0 Å². The average molecular weight is 217 g/mol. The number of amides is 1. The van der Waals surface area contributed by atoms with Gasteiger partial charge in [0.2, 0.25) is 0 Å². The van der Waals surface area contributed by atoms with Gasteiger partial charge in [0.05, 0.1) is 0 Å². The van der Waals surface area contributed by atoms with Crippen LogP contribution in [0.2, 0.25) is 0 Å². The second-order valence-electron chi connectivity index (χ2n) is 5.16. The Morgan fingerprint density at radius 1 is 1.50 bits per heavy atom. The molecular weight excluding hydrogens is 198 g/mol. The SMILES string of the molecule is CC1(CNC(=O)OC(C)(C)C)CSC1. The van der Waals surface area contributed by atoms with Crippen LogP contribution in [0.5, 0.6) is 0 Å². The molecule has 1 aliphatic heterocycles. The number of thioether (sulfide) groups is 1. The summed E-state index contributed by atoms with van der Waals surface area (Å²) in [7, 11) is 0. The van der Waals surface area contributed by atoms with E-state index in [4.69, 9.17) is 4.74 Å². The molecule has 1 N–H and O–H groups in total. The van der Waals surface area contributed by atoms with E-state index in [1.54, 1.807) is 0 Å². The van der Waals surface area contributed by atoms with Gasteiger partial charge in [0.25, 0.3) is 0 Å². The quantitative estimate of drug-likeness (QED) is 0.771. The molecule has 0 radical (unpaired) electrons. The summed E-state index contributed by atoms with van der Waals surface area (Å²) >= 11 is 1.92. The summed E-state index contributed by atoms with van der Waals surface area (Å²) in [6, 6.07) is 0. The first-order valence-corrected chi connectivity index (χ1v) is 6.01. The van der Waals surface area contributed by atoms with E-state index in [1.807, 2.05) is 32.5 Å². The Morgan fingerprint density at radius 2 is 2.07 bits per heavy atom. The van der Waals surface area contributed by atoms with Crippen molar-refractivity contribution in [3.63, 3.8) is 0 Å². The van der Waals surface area contributed by atoms with Crippen molar-refractivity contribution in [3.8, 4) is 0 Å². The molecule has 82 valence electrons. The third-order valence-corrected chi connectivity index (χ3v) is 3.76. The van der Waals surface area contributed by atoms with E-state index < -0.39 is 5.60 Å². The van der Waals surface area contributed by atoms with Crippen molar-refractivity contribution in [2.75, 3.05) is 18.1 Å². The smallest absolute Gasteiger partial charge is 0.407 e. The van der Waals surface area contributed by atoms with Crippen molar-refractivity contribution < 1.29 is 9.53 Å². The lowest BCUT2D eigenvalue weighted by Gasteiger charge is -2.37. The van der Waals surface area contributed by atoms with Gasteiger partial charge in [-0.2, -0.15) is 11.8 Å². The molecule has 4 heteroatoms. The lowest BCUT2D eigenvalue weighted by molar-refractivity contribution is 0.0509. The van der Waals surface area contributed by atoms with Gasteiger partial charge in [-0.3, -0.25) is 0 Å². The molecule has 0 aromatic carbocycles. The maximum atomic E-state index is 11.3. The van der Waals surface area contributed by atoms with Crippen molar-refractivity contribution >= 4 is 17.9 Å². The Morgan fingerprint density at radius 3 is 2.43 bits per heavy atom. The van der Waals surface area contributed by atoms with Crippen molar-refractivity contribution in [2.45, 2.75) is 33.3 Å². The fourth-order valence-electron chi connectivity index (χ4n) is 1.15. The molecule has 1 heterocycles. The number of carbonyl (C=O) groups is 1. The zero-order valence-corrected chi connectivity index (χ0v) is 10.2. The van der Waals surface area contributed by atoms with Crippen LogP contribution in [0.1, 0.15) is 27.7 Å². The Labute approximate surface area is 90.0 Å². The van der Waals surface area contributed by atoms with Crippen molar-refractivity contribution in [1.82, 2.24) is 5.32 Å². The first-order chi connectivity index (χ1) is 6.31. The van der Waals surface area contributed by atoms with E-state index in [0.717, 1.165) is 18.1 Å². The van der Waals surface area contributed by atoms with E-state index in [1.165, 1.54) is 0 Å². The highest BCUT2D eigenvalue weighted by molar-refractivity contribution is 8.00. The lowest BCUT2D eigenvalue weighted by Crippen LogP contribution is -2.45. The van der Waals surface area contributed by atoms with Crippen LogP contribution in [-0.4, -0.2) is 29.7 Å². The predicted octanol–water partition coefficient (Wildman–Crippen LogP) is 2.26. The number of rotatable bonds is 2. The summed E-state index contributed by atoms with van der Waals surface area (Å²) in [5.74, 6) is 2.26.